The van der Waals surface area contributed by atoms with Crippen molar-refractivity contribution in [1.29, 1.82) is 0 Å². The average Bonchev–Trinajstić information content (AvgIpc) is 3.47. The van der Waals surface area contributed by atoms with Crippen LogP contribution in [0.3, 0.4) is 0 Å². The van der Waals surface area contributed by atoms with Gasteiger partial charge in [0, 0.05) is 25.8 Å². The number of carbonyl (C=O) groups excluding carboxylic acids is 6. The molecule has 0 radical (unpaired) electrons. The minimum absolute atomic E-state index is 0.0471. The van der Waals surface area contributed by atoms with Crippen molar-refractivity contribution in [3.8, 4) is 0 Å². The van der Waals surface area contributed by atoms with Crippen molar-refractivity contribution in [1.82, 2.24) is 26.2 Å². The Bertz CT molecular complexity index is 1480. The van der Waals surface area contributed by atoms with E-state index in [1.54, 1.807) is 0 Å². The summed E-state index contributed by atoms with van der Waals surface area (Å²) < 4.78 is 0. The van der Waals surface area contributed by atoms with Crippen LogP contribution in [0.1, 0.15) is 63.5 Å². The molecule has 0 aromatic heterocycles. The van der Waals surface area contributed by atoms with Gasteiger partial charge in [-0.1, -0.05) is 74.5 Å². The van der Waals surface area contributed by atoms with E-state index in [1.807, 2.05) is 80.8 Å². The van der Waals surface area contributed by atoms with Gasteiger partial charge in [0.25, 0.3) is 0 Å². The van der Waals surface area contributed by atoms with Crippen LogP contribution in [-0.4, -0.2) is 95.7 Å². The number of carbonyl (C=O) groups is 6. The minimum Gasteiger partial charge on any atom is -0.368 e. The zero-order valence-electron chi connectivity index (χ0n) is 30.5. The van der Waals surface area contributed by atoms with Crippen molar-refractivity contribution in [2.75, 3.05) is 25.1 Å². The molecule has 1 aliphatic rings. The van der Waals surface area contributed by atoms with E-state index >= 15 is 0 Å². The molecule has 1 unspecified atom stereocenters. The van der Waals surface area contributed by atoms with E-state index in [0.29, 0.717) is 38.0 Å². The predicted molar refractivity (Wildman–Crippen MR) is 203 cm³/mol. The van der Waals surface area contributed by atoms with Gasteiger partial charge in [-0.05, 0) is 67.7 Å². The summed E-state index contributed by atoms with van der Waals surface area (Å²) in [5.41, 5.74) is 12.8. The Labute approximate surface area is 311 Å². The Morgan fingerprint density at radius 1 is 0.827 bits per heavy atom. The number of thioether (sulfide) groups is 1. The fourth-order valence-electron chi connectivity index (χ4n) is 6.12. The topological polar surface area (TPSA) is 206 Å². The molecule has 3 rings (SSSR count). The van der Waals surface area contributed by atoms with Crippen molar-refractivity contribution < 1.29 is 28.8 Å². The van der Waals surface area contributed by atoms with E-state index in [4.69, 9.17) is 11.5 Å². The zero-order chi connectivity index (χ0) is 38.0. The maximum atomic E-state index is 13.9. The zero-order valence-corrected chi connectivity index (χ0v) is 31.3. The first-order valence-electron chi connectivity index (χ1n) is 18.0. The molecular formula is C38H55N7O6S. The highest BCUT2D eigenvalue weighted by molar-refractivity contribution is 7.98. The first-order valence-corrected chi connectivity index (χ1v) is 19.4. The van der Waals surface area contributed by atoms with Crippen LogP contribution >= 0.6 is 11.8 Å². The summed E-state index contributed by atoms with van der Waals surface area (Å²) in [6, 6.07) is 13.7. The number of benzene rings is 2. The number of hydrogen-bond donors (Lipinski definition) is 6. The van der Waals surface area contributed by atoms with Gasteiger partial charge in [-0.2, -0.15) is 11.8 Å². The molecule has 6 amide bonds. The van der Waals surface area contributed by atoms with Gasteiger partial charge in [0.2, 0.25) is 35.4 Å². The normalized spacial score (nSPS) is 16.4. The van der Waals surface area contributed by atoms with Gasteiger partial charge in [-0.25, -0.2) is 0 Å². The second-order valence-corrected chi connectivity index (χ2v) is 14.6. The fourth-order valence-corrected chi connectivity index (χ4v) is 6.59. The van der Waals surface area contributed by atoms with Crippen molar-refractivity contribution in [3.05, 3.63) is 71.8 Å². The molecule has 284 valence electrons. The van der Waals surface area contributed by atoms with Gasteiger partial charge >= 0.3 is 0 Å². The number of nitrogens with zero attached hydrogens (tertiary/aromatic N) is 1. The lowest BCUT2D eigenvalue weighted by Crippen LogP contribution is -2.57. The van der Waals surface area contributed by atoms with Gasteiger partial charge < -0.3 is 37.6 Å². The lowest BCUT2D eigenvalue weighted by molar-refractivity contribution is -0.141. The summed E-state index contributed by atoms with van der Waals surface area (Å²) in [7, 11) is 0. The van der Waals surface area contributed by atoms with Gasteiger partial charge in [0.15, 0.2) is 0 Å². The predicted octanol–water partition coefficient (Wildman–Crippen LogP) is 1.43. The van der Waals surface area contributed by atoms with Crippen molar-refractivity contribution >= 4 is 47.2 Å². The molecule has 8 N–H and O–H groups in total. The monoisotopic (exact) mass is 737 g/mol. The van der Waals surface area contributed by atoms with Crippen LogP contribution in [-0.2, 0) is 41.6 Å². The van der Waals surface area contributed by atoms with Crippen molar-refractivity contribution in [2.45, 2.75) is 95.4 Å². The summed E-state index contributed by atoms with van der Waals surface area (Å²) in [6.45, 7) is 4.54. The highest BCUT2D eigenvalue weighted by Gasteiger charge is 2.41. The number of nitrogens with two attached hydrogens (primary N) is 2. The summed E-state index contributed by atoms with van der Waals surface area (Å²) >= 11 is 1.53. The molecule has 0 saturated carbocycles. The third-order valence-electron chi connectivity index (χ3n) is 8.91. The van der Waals surface area contributed by atoms with Gasteiger partial charge in [-0.3, -0.25) is 28.8 Å². The van der Waals surface area contributed by atoms with Crippen LogP contribution in [0.5, 0.6) is 0 Å². The van der Waals surface area contributed by atoms with Gasteiger partial charge in [0.05, 0.1) is 0 Å². The molecule has 14 heteroatoms. The average molecular weight is 738 g/mol. The number of unbranched alkanes of at least 4 members (excludes halogenated alkanes) is 1. The van der Waals surface area contributed by atoms with Crippen molar-refractivity contribution in [2.24, 2.45) is 17.4 Å². The lowest BCUT2D eigenvalue weighted by atomic mass is 10.0. The first kappa shape index (κ1) is 42.0. The number of amides is 6. The van der Waals surface area contributed by atoms with E-state index in [-0.39, 0.29) is 44.1 Å². The Kier molecular flexibility index (Phi) is 17.6. The standard InChI is InChI=1S/C38H55N7O6S/c1-25(2)22-32(37(50)42-28(34(40)47)18-21-52-3)45-20-17-29(38(45)51)43-36(49)31(24-27-14-8-5-9-15-27)44-35(48)30(23-26-12-6-4-7-13-26)41-33(46)16-10-11-19-39/h4-9,12-15,25,28-32H,10-11,16-24,39H2,1-3H3,(H2,40,47)(H,41,46)(H,42,50)(H,43,49)(H,44,48)/t28-,29?,30-,31-,32-/m0/s1. The fraction of sp³-hybridized carbons (Fsp3) is 0.526. The Morgan fingerprint density at radius 3 is 1.94 bits per heavy atom. The number of likely N-dealkylation sites (tertiary alicyclic amines) is 1. The summed E-state index contributed by atoms with van der Waals surface area (Å²) in [5, 5.41) is 11.3. The number of rotatable bonds is 22. The summed E-state index contributed by atoms with van der Waals surface area (Å²) in [5.74, 6) is -2.27. The number of hydrogen-bond acceptors (Lipinski definition) is 8. The largest absolute Gasteiger partial charge is 0.368 e. The third kappa shape index (κ3) is 13.6. The van der Waals surface area contributed by atoms with Gasteiger partial charge in [-0.15, -0.1) is 0 Å². The minimum atomic E-state index is -1.08. The quantitative estimate of drug-likeness (QED) is 0.0973. The number of primary amides is 1. The van der Waals surface area contributed by atoms with Crippen LogP contribution in [0.4, 0.5) is 0 Å². The molecule has 0 bridgehead atoms. The van der Waals surface area contributed by atoms with E-state index in [9.17, 15) is 28.8 Å². The highest BCUT2D eigenvalue weighted by Crippen LogP contribution is 2.21. The molecule has 2 aromatic rings. The molecule has 52 heavy (non-hydrogen) atoms. The first-order chi connectivity index (χ1) is 24.9. The molecule has 2 aromatic carbocycles. The number of nitrogens with one attached hydrogen (secondary N) is 4. The summed E-state index contributed by atoms with van der Waals surface area (Å²) in [4.78, 5) is 81.5. The lowest BCUT2D eigenvalue weighted by Gasteiger charge is -2.30. The molecular weight excluding hydrogens is 683 g/mol. The third-order valence-corrected chi connectivity index (χ3v) is 9.55. The molecule has 1 heterocycles. The van der Waals surface area contributed by atoms with Crippen LogP contribution in [0, 0.1) is 5.92 Å². The smallest absolute Gasteiger partial charge is 0.245 e. The second kappa shape index (κ2) is 21.8. The summed E-state index contributed by atoms with van der Waals surface area (Å²) in [6.07, 6.45) is 4.65. The molecule has 0 aliphatic carbocycles. The SMILES string of the molecule is CSCC[C@H](NC(=O)[C@H](CC(C)C)N1CCC(NC(=O)[C@H](Cc2ccccc2)NC(=O)[C@H](Cc2ccccc2)NC(=O)CCCCN)C1=O)C(N)=O. The van der Waals surface area contributed by atoms with E-state index in [2.05, 4.69) is 21.3 Å². The molecule has 1 saturated heterocycles. The van der Waals surface area contributed by atoms with Crippen molar-refractivity contribution in [3.63, 3.8) is 0 Å². The molecule has 1 fully saturated rings. The van der Waals surface area contributed by atoms with E-state index in [1.165, 1.54) is 16.7 Å². The molecule has 0 spiro atoms. The maximum Gasteiger partial charge on any atom is 0.245 e. The Balaban J connectivity index is 1.79. The molecule has 1 aliphatic heterocycles. The Morgan fingerprint density at radius 2 is 1.40 bits per heavy atom. The molecule has 13 nitrogen and oxygen atoms in total. The molecule has 5 atom stereocenters. The van der Waals surface area contributed by atoms with Crippen LogP contribution in [0.2, 0.25) is 0 Å². The highest BCUT2D eigenvalue weighted by atomic mass is 32.2. The van der Waals surface area contributed by atoms with E-state index < -0.39 is 59.7 Å². The maximum absolute atomic E-state index is 13.9. The second-order valence-electron chi connectivity index (χ2n) is 13.6. The van der Waals surface area contributed by atoms with Crippen LogP contribution in [0.25, 0.3) is 0 Å². The van der Waals surface area contributed by atoms with E-state index in [0.717, 1.165) is 11.1 Å². The Hall–Kier alpha value is -4.43. The van der Waals surface area contributed by atoms with Crippen LogP contribution < -0.4 is 32.7 Å². The van der Waals surface area contributed by atoms with Crippen LogP contribution in [0.15, 0.2) is 60.7 Å². The van der Waals surface area contributed by atoms with Gasteiger partial charge in [0.1, 0.15) is 30.2 Å².